The van der Waals surface area contributed by atoms with E-state index in [1.54, 1.807) is 11.0 Å². The van der Waals surface area contributed by atoms with Crippen LogP contribution in [0.25, 0.3) is 11.3 Å². The molecule has 1 amide bonds. The molecule has 0 bridgehead atoms. The number of carbonyl (C=O) groups is 1. The van der Waals surface area contributed by atoms with Crippen LogP contribution in [0.5, 0.6) is 0 Å². The van der Waals surface area contributed by atoms with Crippen molar-refractivity contribution in [2.45, 2.75) is 31.7 Å². The SMILES string of the molecule is Nc1cc(-c2ccc(C(=O)N3CCC[C@H]3CO)cc2)nc(N2CCCC2)n1. The Morgan fingerprint density at radius 3 is 2.56 bits per heavy atom. The number of nitrogens with zero attached hydrogens (tertiary/aromatic N) is 4. The van der Waals surface area contributed by atoms with Crippen molar-refractivity contribution in [3.05, 3.63) is 35.9 Å². The molecule has 2 aliphatic rings. The molecular formula is C20H25N5O2. The molecule has 27 heavy (non-hydrogen) atoms. The van der Waals surface area contributed by atoms with E-state index < -0.39 is 0 Å². The molecular weight excluding hydrogens is 342 g/mol. The second-order valence-corrected chi connectivity index (χ2v) is 7.23. The summed E-state index contributed by atoms with van der Waals surface area (Å²) in [5, 5.41) is 9.44. The maximum Gasteiger partial charge on any atom is 0.254 e. The summed E-state index contributed by atoms with van der Waals surface area (Å²) in [6, 6.07) is 9.12. The Morgan fingerprint density at radius 1 is 1.11 bits per heavy atom. The summed E-state index contributed by atoms with van der Waals surface area (Å²) in [5.74, 6) is 1.09. The molecule has 2 aromatic rings. The van der Waals surface area contributed by atoms with Crippen LogP contribution in [0.2, 0.25) is 0 Å². The zero-order valence-electron chi connectivity index (χ0n) is 15.3. The minimum absolute atomic E-state index is 0.0172. The minimum atomic E-state index is -0.0677. The number of nitrogen functional groups attached to an aromatic ring is 1. The number of amides is 1. The van der Waals surface area contributed by atoms with Gasteiger partial charge in [0.15, 0.2) is 0 Å². The van der Waals surface area contributed by atoms with Gasteiger partial charge in [-0.3, -0.25) is 4.79 Å². The lowest BCUT2D eigenvalue weighted by molar-refractivity contribution is 0.0677. The van der Waals surface area contributed by atoms with E-state index in [1.807, 2.05) is 24.3 Å². The number of carbonyl (C=O) groups excluding carboxylic acids is 1. The summed E-state index contributed by atoms with van der Waals surface area (Å²) >= 11 is 0. The molecule has 4 rings (SSSR count). The Morgan fingerprint density at radius 2 is 1.85 bits per heavy atom. The molecule has 2 fully saturated rings. The number of hydrogen-bond donors (Lipinski definition) is 2. The molecule has 1 aromatic heterocycles. The molecule has 2 aliphatic heterocycles. The van der Waals surface area contributed by atoms with Gasteiger partial charge in [0.05, 0.1) is 18.3 Å². The number of aromatic nitrogens is 2. The van der Waals surface area contributed by atoms with Crippen LogP contribution >= 0.6 is 0 Å². The van der Waals surface area contributed by atoms with Crippen LogP contribution < -0.4 is 10.6 Å². The summed E-state index contributed by atoms with van der Waals surface area (Å²) in [6.07, 6.45) is 4.10. The Kier molecular flexibility index (Phi) is 4.94. The van der Waals surface area contributed by atoms with E-state index in [1.165, 1.54) is 0 Å². The van der Waals surface area contributed by atoms with Gasteiger partial charge in [0.1, 0.15) is 5.82 Å². The molecule has 7 nitrogen and oxygen atoms in total. The second kappa shape index (κ2) is 7.52. The predicted molar refractivity (Wildman–Crippen MR) is 104 cm³/mol. The van der Waals surface area contributed by atoms with Gasteiger partial charge in [-0.25, -0.2) is 4.98 Å². The van der Waals surface area contributed by atoms with Gasteiger partial charge in [-0.2, -0.15) is 4.98 Å². The van der Waals surface area contributed by atoms with Gasteiger partial charge >= 0.3 is 0 Å². The van der Waals surface area contributed by atoms with Crippen molar-refractivity contribution in [1.82, 2.24) is 14.9 Å². The first-order valence-electron chi connectivity index (χ1n) is 9.57. The number of anilines is 2. The van der Waals surface area contributed by atoms with Gasteiger partial charge in [0.25, 0.3) is 5.91 Å². The highest BCUT2D eigenvalue weighted by atomic mass is 16.3. The van der Waals surface area contributed by atoms with Crippen molar-refractivity contribution in [3.8, 4) is 11.3 Å². The van der Waals surface area contributed by atoms with Crippen LogP contribution in [0.3, 0.4) is 0 Å². The van der Waals surface area contributed by atoms with E-state index in [4.69, 9.17) is 5.73 Å². The fourth-order valence-electron chi connectivity index (χ4n) is 3.90. The van der Waals surface area contributed by atoms with Crippen LogP contribution in [0.4, 0.5) is 11.8 Å². The third-order valence-electron chi connectivity index (χ3n) is 5.40. The number of aliphatic hydroxyl groups is 1. The second-order valence-electron chi connectivity index (χ2n) is 7.23. The lowest BCUT2D eigenvalue weighted by Gasteiger charge is -2.23. The summed E-state index contributed by atoms with van der Waals surface area (Å²) < 4.78 is 0. The summed E-state index contributed by atoms with van der Waals surface area (Å²) in [4.78, 5) is 25.7. The summed E-state index contributed by atoms with van der Waals surface area (Å²) in [5.41, 5.74) is 8.29. The van der Waals surface area contributed by atoms with E-state index in [0.29, 0.717) is 23.9 Å². The quantitative estimate of drug-likeness (QED) is 0.857. The van der Waals surface area contributed by atoms with E-state index in [2.05, 4.69) is 14.9 Å². The molecule has 3 N–H and O–H groups in total. The zero-order chi connectivity index (χ0) is 18.8. The molecule has 1 atom stereocenters. The van der Waals surface area contributed by atoms with Crippen LogP contribution in [0.1, 0.15) is 36.0 Å². The van der Waals surface area contributed by atoms with Crippen molar-refractivity contribution < 1.29 is 9.90 Å². The summed E-state index contributed by atoms with van der Waals surface area (Å²) in [6.45, 7) is 2.63. The van der Waals surface area contributed by atoms with Crippen molar-refractivity contribution in [2.24, 2.45) is 0 Å². The fraction of sp³-hybridized carbons (Fsp3) is 0.450. The van der Waals surface area contributed by atoms with Crippen molar-refractivity contribution in [2.75, 3.05) is 36.9 Å². The predicted octanol–water partition coefficient (Wildman–Crippen LogP) is 1.92. The first-order chi connectivity index (χ1) is 13.2. The standard InChI is InChI=1S/C20H25N5O2/c21-18-12-17(22-20(23-18)24-9-1-2-10-24)14-5-7-15(8-6-14)19(27)25-11-3-4-16(25)13-26/h5-8,12,16,26H,1-4,9-11,13H2,(H2,21,22,23)/t16-/m0/s1. The average molecular weight is 367 g/mol. The number of rotatable bonds is 4. The van der Waals surface area contributed by atoms with Crippen LogP contribution in [-0.4, -0.2) is 58.2 Å². The van der Waals surface area contributed by atoms with E-state index >= 15 is 0 Å². The van der Waals surface area contributed by atoms with Gasteiger partial charge < -0.3 is 20.6 Å². The highest BCUT2D eigenvalue weighted by Crippen LogP contribution is 2.25. The highest BCUT2D eigenvalue weighted by molar-refractivity contribution is 5.95. The molecule has 0 radical (unpaired) electrons. The summed E-state index contributed by atoms with van der Waals surface area (Å²) in [7, 11) is 0. The Hall–Kier alpha value is -2.67. The Balaban J connectivity index is 1.56. The Labute approximate surface area is 158 Å². The first kappa shape index (κ1) is 17.7. The number of nitrogens with two attached hydrogens (primary N) is 1. The Bertz CT molecular complexity index is 818. The van der Waals surface area contributed by atoms with Crippen molar-refractivity contribution in [3.63, 3.8) is 0 Å². The van der Waals surface area contributed by atoms with Crippen LogP contribution in [0, 0.1) is 0 Å². The number of aliphatic hydroxyl groups excluding tert-OH is 1. The van der Waals surface area contributed by atoms with E-state index in [0.717, 1.165) is 50.0 Å². The molecule has 3 heterocycles. The lowest BCUT2D eigenvalue weighted by atomic mass is 10.1. The highest BCUT2D eigenvalue weighted by Gasteiger charge is 2.28. The van der Waals surface area contributed by atoms with Crippen molar-refractivity contribution in [1.29, 1.82) is 0 Å². The first-order valence-corrected chi connectivity index (χ1v) is 9.57. The monoisotopic (exact) mass is 367 g/mol. The third-order valence-corrected chi connectivity index (χ3v) is 5.40. The van der Waals surface area contributed by atoms with Crippen LogP contribution in [0.15, 0.2) is 30.3 Å². The lowest BCUT2D eigenvalue weighted by Crippen LogP contribution is -2.37. The molecule has 2 saturated heterocycles. The molecule has 0 spiro atoms. The maximum absolute atomic E-state index is 12.7. The third kappa shape index (κ3) is 3.60. The molecule has 7 heteroatoms. The van der Waals surface area contributed by atoms with Gasteiger partial charge in [-0.15, -0.1) is 0 Å². The topological polar surface area (TPSA) is 95.6 Å². The van der Waals surface area contributed by atoms with E-state index in [-0.39, 0.29) is 18.6 Å². The smallest absolute Gasteiger partial charge is 0.254 e. The molecule has 1 aromatic carbocycles. The number of hydrogen-bond acceptors (Lipinski definition) is 6. The van der Waals surface area contributed by atoms with Gasteiger partial charge in [0.2, 0.25) is 5.95 Å². The molecule has 142 valence electrons. The van der Waals surface area contributed by atoms with Crippen molar-refractivity contribution >= 4 is 17.7 Å². The minimum Gasteiger partial charge on any atom is -0.394 e. The molecule has 0 aliphatic carbocycles. The average Bonchev–Trinajstić information content (AvgIpc) is 3.38. The number of benzene rings is 1. The van der Waals surface area contributed by atoms with E-state index in [9.17, 15) is 9.90 Å². The molecule has 0 saturated carbocycles. The van der Waals surface area contributed by atoms with Gasteiger partial charge in [0, 0.05) is 36.8 Å². The molecule has 0 unspecified atom stereocenters. The largest absolute Gasteiger partial charge is 0.394 e. The maximum atomic E-state index is 12.7. The van der Waals surface area contributed by atoms with Gasteiger partial charge in [-0.1, -0.05) is 12.1 Å². The zero-order valence-corrected chi connectivity index (χ0v) is 15.3. The van der Waals surface area contributed by atoms with Crippen LogP contribution in [-0.2, 0) is 0 Å². The fourth-order valence-corrected chi connectivity index (χ4v) is 3.90. The van der Waals surface area contributed by atoms with Gasteiger partial charge in [-0.05, 0) is 37.8 Å². The normalized spacial score (nSPS) is 19.7. The number of likely N-dealkylation sites (tertiary alicyclic amines) is 1.